The number of ether oxygens (including phenoxy) is 4. The van der Waals surface area contributed by atoms with Gasteiger partial charge in [0.05, 0.1) is 20.8 Å². The molecule has 0 unspecified atom stereocenters. The van der Waals surface area contributed by atoms with Gasteiger partial charge >= 0.3 is 5.97 Å². The molecule has 1 atom stereocenters. The molecule has 3 rings (SSSR count). The summed E-state index contributed by atoms with van der Waals surface area (Å²) in [6.07, 6.45) is -1.06. The highest BCUT2D eigenvalue weighted by Crippen LogP contribution is 2.30. The van der Waals surface area contributed by atoms with Gasteiger partial charge in [0.1, 0.15) is 5.58 Å². The van der Waals surface area contributed by atoms with E-state index in [1.165, 1.54) is 28.3 Å². The third kappa shape index (κ3) is 4.38. The van der Waals surface area contributed by atoms with Crippen LogP contribution >= 0.6 is 0 Å². The molecule has 0 saturated heterocycles. The van der Waals surface area contributed by atoms with Crippen molar-refractivity contribution in [1.82, 2.24) is 0 Å². The van der Waals surface area contributed by atoms with Crippen LogP contribution in [0.2, 0.25) is 0 Å². The van der Waals surface area contributed by atoms with Crippen LogP contribution in [-0.4, -0.2) is 39.3 Å². The van der Waals surface area contributed by atoms with Gasteiger partial charge in [-0.3, -0.25) is 4.79 Å². The highest BCUT2D eigenvalue weighted by molar-refractivity contribution is 5.99. The van der Waals surface area contributed by atoms with E-state index in [2.05, 4.69) is 5.32 Å². The number of methoxy groups -OCH3 is 3. The number of carbonyl (C=O) groups is 2. The van der Waals surface area contributed by atoms with Gasteiger partial charge in [0.15, 0.2) is 17.6 Å². The second-order valence-corrected chi connectivity index (χ2v) is 6.45. The van der Waals surface area contributed by atoms with Gasteiger partial charge in [0.2, 0.25) is 5.76 Å². The molecule has 8 heteroatoms. The van der Waals surface area contributed by atoms with Crippen molar-refractivity contribution < 1.29 is 33.0 Å². The van der Waals surface area contributed by atoms with Crippen LogP contribution < -0.4 is 14.8 Å². The third-order valence-corrected chi connectivity index (χ3v) is 4.48. The molecule has 1 aromatic heterocycles. The van der Waals surface area contributed by atoms with Crippen molar-refractivity contribution in [3.63, 3.8) is 0 Å². The lowest BCUT2D eigenvalue weighted by molar-refractivity contribution is -0.123. The maximum absolute atomic E-state index is 12.7. The number of benzene rings is 2. The van der Waals surface area contributed by atoms with Crippen LogP contribution in [-0.2, 0) is 20.9 Å². The molecule has 0 saturated carbocycles. The first-order valence-corrected chi connectivity index (χ1v) is 9.21. The second kappa shape index (κ2) is 9.32. The molecule has 0 aliphatic rings. The molecule has 1 N–H and O–H groups in total. The lowest BCUT2D eigenvalue weighted by Gasteiger charge is -2.14. The molecule has 0 bridgehead atoms. The Hall–Kier alpha value is -3.52. The average Bonchev–Trinajstić information content (AvgIpc) is 3.12. The molecule has 8 nitrogen and oxygen atoms in total. The van der Waals surface area contributed by atoms with Crippen molar-refractivity contribution in [1.29, 1.82) is 0 Å². The topological polar surface area (TPSA) is 96.2 Å². The number of para-hydroxylation sites is 1. The standard InChI is InChI=1S/C22H23NO7/c1-13(21(24)23-14-9-10-18(27-3)19(11-14)28-4)29-22(25)20-16(12-26-2)15-7-5-6-8-17(15)30-20/h5-11,13H,12H2,1-4H3,(H,23,24)/t13-/m1/s1. The number of anilines is 1. The van der Waals surface area contributed by atoms with Crippen molar-refractivity contribution in [3.8, 4) is 11.5 Å². The number of fused-ring (bicyclic) bond motifs is 1. The molecule has 2 aromatic carbocycles. The maximum atomic E-state index is 12.7. The third-order valence-electron chi connectivity index (χ3n) is 4.48. The summed E-state index contributed by atoms with van der Waals surface area (Å²) in [6.45, 7) is 1.65. The minimum atomic E-state index is -1.06. The largest absolute Gasteiger partial charge is 0.493 e. The zero-order valence-corrected chi connectivity index (χ0v) is 17.2. The van der Waals surface area contributed by atoms with Gasteiger partial charge in [-0.1, -0.05) is 18.2 Å². The Balaban J connectivity index is 1.73. The van der Waals surface area contributed by atoms with E-state index >= 15 is 0 Å². The summed E-state index contributed by atoms with van der Waals surface area (Å²) < 4.78 is 26.6. The van der Waals surface area contributed by atoms with E-state index in [1.54, 1.807) is 30.3 Å². The van der Waals surface area contributed by atoms with Crippen molar-refractivity contribution >= 4 is 28.5 Å². The fourth-order valence-corrected chi connectivity index (χ4v) is 2.98. The lowest BCUT2D eigenvalue weighted by atomic mass is 10.1. The number of esters is 1. The minimum Gasteiger partial charge on any atom is -0.493 e. The summed E-state index contributed by atoms with van der Waals surface area (Å²) in [5.74, 6) is -0.228. The monoisotopic (exact) mass is 413 g/mol. The van der Waals surface area contributed by atoms with Gasteiger partial charge in [-0.15, -0.1) is 0 Å². The second-order valence-electron chi connectivity index (χ2n) is 6.45. The van der Waals surface area contributed by atoms with Crippen molar-refractivity contribution in [2.24, 2.45) is 0 Å². The fraction of sp³-hybridized carbons (Fsp3) is 0.273. The van der Waals surface area contributed by atoms with Gasteiger partial charge in [0, 0.05) is 29.8 Å². The summed E-state index contributed by atoms with van der Waals surface area (Å²) in [5, 5.41) is 3.44. The number of carbonyl (C=O) groups excluding carboxylic acids is 2. The Kier molecular flexibility index (Phi) is 6.58. The maximum Gasteiger partial charge on any atom is 0.375 e. The Labute approximate surface area is 173 Å². The molecule has 0 aliphatic carbocycles. The summed E-state index contributed by atoms with van der Waals surface area (Å²) in [4.78, 5) is 25.2. The predicted octanol–water partition coefficient (Wildman–Crippen LogP) is 3.78. The van der Waals surface area contributed by atoms with Crippen LogP contribution in [0, 0.1) is 0 Å². The molecular weight excluding hydrogens is 390 g/mol. The van der Waals surface area contributed by atoms with Crippen molar-refractivity contribution in [2.75, 3.05) is 26.6 Å². The molecule has 0 fully saturated rings. The van der Waals surface area contributed by atoms with Crippen LogP contribution in [0.1, 0.15) is 23.0 Å². The number of hydrogen-bond donors (Lipinski definition) is 1. The molecule has 30 heavy (non-hydrogen) atoms. The molecule has 3 aromatic rings. The summed E-state index contributed by atoms with van der Waals surface area (Å²) >= 11 is 0. The number of nitrogens with one attached hydrogen (secondary N) is 1. The van der Waals surface area contributed by atoms with Gasteiger partial charge in [-0.2, -0.15) is 0 Å². The molecule has 0 spiro atoms. The Morgan fingerprint density at radius 3 is 2.47 bits per heavy atom. The first kappa shape index (κ1) is 21.2. The quantitative estimate of drug-likeness (QED) is 0.562. The van der Waals surface area contributed by atoms with Crippen LogP contribution in [0.4, 0.5) is 5.69 Å². The number of hydrogen-bond acceptors (Lipinski definition) is 7. The summed E-state index contributed by atoms with van der Waals surface area (Å²) in [7, 11) is 4.54. The predicted molar refractivity (Wildman–Crippen MR) is 110 cm³/mol. The summed E-state index contributed by atoms with van der Waals surface area (Å²) in [5.41, 5.74) is 1.59. The zero-order valence-electron chi connectivity index (χ0n) is 17.2. The van der Waals surface area contributed by atoms with E-state index in [9.17, 15) is 9.59 Å². The zero-order chi connectivity index (χ0) is 21.7. The van der Waals surface area contributed by atoms with Crippen LogP contribution in [0.5, 0.6) is 11.5 Å². The lowest BCUT2D eigenvalue weighted by Crippen LogP contribution is -2.30. The van der Waals surface area contributed by atoms with Gasteiger partial charge in [-0.25, -0.2) is 4.79 Å². The molecule has 1 heterocycles. The highest BCUT2D eigenvalue weighted by atomic mass is 16.6. The summed E-state index contributed by atoms with van der Waals surface area (Å²) in [6, 6.07) is 12.2. The fourth-order valence-electron chi connectivity index (χ4n) is 2.98. The number of rotatable bonds is 8. The molecular formula is C22H23NO7. The average molecular weight is 413 g/mol. The molecule has 158 valence electrons. The first-order valence-electron chi connectivity index (χ1n) is 9.21. The Morgan fingerprint density at radius 1 is 1.03 bits per heavy atom. The van der Waals surface area contributed by atoms with E-state index < -0.39 is 18.0 Å². The van der Waals surface area contributed by atoms with Crippen molar-refractivity contribution in [2.45, 2.75) is 19.6 Å². The molecule has 0 radical (unpaired) electrons. The highest BCUT2D eigenvalue weighted by Gasteiger charge is 2.26. The van der Waals surface area contributed by atoms with Crippen LogP contribution in [0.25, 0.3) is 11.0 Å². The van der Waals surface area contributed by atoms with E-state index in [0.29, 0.717) is 28.3 Å². The normalized spacial score (nSPS) is 11.7. The van der Waals surface area contributed by atoms with Gasteiger partial charge in [-0.05, 0) is 25.1 Å². The van der Waals surface area contributed by atoms with Crippen LogP contribution in [0.3, 0.4) is 0 Å². The number of amides is 1. The smallest absolute Gasteiger partial charge is 0.375 e. The van der Waals surface area contributed by atoms with Gasteiger partial charge < -0.3 is 28.7 Å². The molecule has 1 amide bonds. The number of furan rings is 1. The first-order chi connectivity index (χ1) is 14.5. The van der Waals surface area contributed by atoms with E-state index in [1.807, 2.05) is 12.1 Å². The van der Waals surface area contributed by atoms with E-state index in [-0.39, 0.29) is 12.4 Å². The van der Waals surface area contributed by atoms with Gasteiger partial charge in [0.25, 0.3) is 5.91 Å². The SMILES string of the molecule is COCc1c(C(=O)O[C@H](C)C(=O)Nc2ccc(OC)c(OC)c2)oc2ccccc12. The van der Waals surface area contributed by atoms with Crippen molar-refractivity contribution in [3.05, 3.63) is 53.8 Å². The van der Waals surface area contributed by atoms with E-state index in [4.69, 9.17) is 23.4 Å². The van der Waals surface area contributed by atoms with E-state index in [0.717, 1.165) is 5.39 Å². The van der Waals surface area contributed by atoms with Crippen LogP contribution in [0.15, 0.2) is 46.9 Å². The minimum absolute atomic E-state index is 0.0174. The Bertz CT molecular complexity index is 1060. The Morgan fingerprint density at radius 2 is 1.77 bits per heavy atom. The molecule has 0 aliphatic heterocycles.